The van der Waals surface area contributed by atoms with Crippen LogP contribution in [0.3, 0.4) is 0 Å². The molecule has 0 spiro atoms. The normalized spacial score (nSPS) is 10.4. The lowest BCUT2D eigenvalue weighted by Gasteiger charge is -2.04. The smallest absolute Gasteiger partial charge is 0.340 e. The number of rotatable bonds is 2. The van der Waals surface area contributed by atoms with Gasteiger partial charge < -0.3 is 9.30 Å². The lowest BCUT2D eigenvalue weighted by atomic mass is 10.1. The first-order chi connectivity index (χ1) is 7.69. The number of imidazole rings is 1. The van der Waals surface area contributed by atoms with Gasteiger partial charge >= 0.3 is 5.97 Å². The molecule has 16 heavy (non-hydrogen) atoms. The molecule has 0 saturated carbocycles. The standard InChI is InChI=1S/C11H10N2O3/c1-13-6-12-9-7(5-14)3-4-8(10(9)13)11(15)16-2/h3-6H,1-2H3. The molecule has 1 aromatic carbocycles. The van der Waals surface area contributed by atoms with Crippen molar-refractivity contribution in [3.63, 3.8) is 0 Å². The number of aldehydes is 1. The summed E-state index contributed by atoms with van der Waals surface area (Å²) in [6, 6.07) is 3.13. The molecule has 0 N–H and O–H groups in total. The lowest BCUT2D eigenvalue weighted by molar-refractivity contribution is 0.0602. The Kier molecular flexibility index (Phi) is 2.44. The number of fused-ring (bicyclic) bond motifs is 1. The third-order valence-electron chi connectivity index (χ3n) is 2.43. The molecule has 5 nitrogen and oxygen atoms in total. The summed E-state index contributed by atoms with van der Waals surface area (Å²) in [5.41, 5.74) is 1.99. The Hall–Kier alpha value is -2.17. The van der Waals surface area contributed by atoms with E-state index in [2.05, 4.69) is 9.72 Å². The first kappa shape index (κ1) is 10.4. The highest BCUT2D eigenvalue weighted by atomic mass is 16.5. The van der Waals surface area contributed by atoms with E-state index in [4.69, 9.17) is 0 Å². The molecule has 0 bridgehead atoms. The van der Waals surface area contributed by atoms with E-state index in [0.717, 1.165) is 6.29 Å². The molecule has 5 heteroatoms. The number of nitrogens with zero attached hydrogens (tertiary/aromatic N) is 2. The van der Waals surface area contributed by atoms with Gasteiger partial charge in [0, 0.05) is 12.6 Å². The van der Waals surface area contributed by atoms with Gasteiger partial charge in [-0.3, -0.25) is 4.79 Å². The van der Waals surface area contributed by atoms with Gasteiger partial charge in [0.15, 0.2) is 6.29 Å². The summed E-state index contributed by atoms with van der Waals surface area (Å²) in [7, 11) is 3.08. The second-order valence-corrected chi connectivity index (χ2v) is 3.36. The van der Waals surface area contributed by atoms with E-state index in [1.807, 2.05) is 0 Å². The summed E-state index contributed by atoms with van der Waals surface area (Å²) in [4.78, 5) is 26.4. The zero-order valence-corrected chi connectivity index (χ0v) is 8.93. The van der Waals surface area contributed by atoms with Crippen LogP contribution in [0.2, 0.25) is 0 Å². The molecule has 0 radical (unpaired) electrons. The van der Waals surface area contributed by atoms with Crippen molar-refractivity contribution < 1.29 is 14.3 Å². The van der Waals surface area contributed by atoms with Gasteiger partial charge in [-0.1, -0.05) is 0 Å². The van der Waals surface area contributed by atoms with Crippen molar-refractivity contribution in [1.82, 2.24) is 9.55 Å². The average molecular weight is 218 g/mol. The molecule has 0 atom stereocenters. The SMILES string of the molecule is COC(=O)c1ccc(C=O)c2ncn(C)c12. The van der Waals surface area contributed by atoms with Crippen molar-refractivity contribution in [3.05, 3.63) is 29.6 Å². The maximum Gasteiger partial charge on any atom is 0.340 e. The number of esters is 1. The molecule has 0 aliphatic carbocycles. The predicted octanol–water partition coefficient (Wildman–Crippen LogP) is 1.17. The summed E-state index contributed by atoms with van der Waals surface area (Å²) < 4.78 is 6.36. The van der Waals surface area contributed by atoms with Crippen LogP contribution in [0.5, 0.6) is 0 Å². The first-order valence-corrected chi connectivity index (χ1v) is 4.66. The lowest BCUT2D eigenvalue weighted by Crippen LogP contribution is -2.04. The Morgan fingerprint density at radius 1 is 1.50 bits per heavy atom. The van der Waals surface area contributed by atoms with Crippen LogP contribution < -0.4 is 0 Å². The van der Waals surface area contributed by atoms with Gasteiger partial charge in [-0.25, -0.2) is 9.78 Å². The highest BCUT2D eigenvalue weighted by Crippen LogP contribution is 2.20. The van der Waals surface area contributed by atoms with Crippen LogP contribution in [0.25, 0.3) is 11.0 Å². The number of carbonyl (C=O) groups excluding carboxylic acids is 2. The van der Waals surface area contributed by atoms with Crippen LogP contribution in [-0.4, -0.2) is 28.9 Å². The van der Waals surface area contributed by atoms with E-state index < -0.39 is 5.97 Å². The maximum absolute atomic E-state index is 11.5. The number of aromatic nitrogens is 2. The Labute approximate surface area is 91.6 Å². The fourth-order valence-corrected chi connectivity index (χ4v) is 1.66. The minimum absolute atomic E-state index is 0.406. The van der Waals surface area contributed by atoms with Gasteiger partial charge in [-0.15, -0.1) is 0 Å². The molecule has 0 aliphatic heterocycles. The predicted molar refractivity (Wildman–Crippen MR) is 57.4 cm³/mol. The van der Waals surface area contributed by atoms with Crippen LogP contribution in [-0.2, 0) is 11.8 Å². The third kappa shape index (κ3) is 1.37. The van der Waals surface area contributed by atoms with Gasteiger partial charge in [0.25, 0.3) is 0 Å². The second-order valence-electron chi connectivity index (χ2n) is 3.36. The molecule has 0 aliphatic rings. The summed E-state index contributed by atoms with van der Waals surface area (Å²) in [6.07, 6.45) is 2.28. The van der Waals surface area contributed by atoms with E-state index in [0.29, 0.717) is 22.2 Å². The number of carbonyl (C=O) groups is 2. The number of aryl methyl sites for hydroxylation is 1. The molecule has 0 amide bonds. The fourth-order valence-electron chi connectivity index (χ4n) is 1.66. The fraction of sp³-hybridized carbons (Fsp3) is 0.182. The highest BCUT2D eigenvalue weighted by molar-refractivity contribution is 6.06. The van der Waals surface area contributed by atoms with Crippen molar-refractivity contribution in [2.45, 2.75) is 0 Å². The monoisotopic (exact) mass is 218 g/mol. The van der Waals surface area contributed by atoms with Crippen LogP contribution in [0.15, 0.2) is 18.5 Å². The Morgan fingerprint density at radius 3 is 2.88 bits per heavy atom. The summed E-state index contributed by atoms with van der Waals surface area (Å²) in [5.74, 6) is -0.439. The van der Waals surface area contributed by atoms with Crippen molar-refractivity contribution in [3.8, 4) is 0 Å². The van der Waals surface area contributed by atoms with Gasteiger partial charge in [0.05, 0.1) is 30.0 Å². The average Bonchev–Trinajstić information content (AvgIpc) is 2.70. The molecule has 1 heterocycles. The first-order valence-electron chi connectivity index (χ1n) is 4.66. The van der Waals surface area contributed by atoms with Crippen LogP contribution >= 0.6 is 0 Å². The van der Waals surface area contributed by atoms with E-state index in [-0.39, 0.29) is 0 Å². The van der Waals surface area contributed by atoms with E-state index in [1.165, 1.54) is 7.11 Å². The van der Waals surface area contributed by atoms with Crippen LogP contribution in [0.4, 0.5) is 0 Å². The topological polar surface area (TPSA) is 61.2 Å². The van der Waals surface area contributed by atoms with Gasteiger partial charge in [0.1, 0.15) is 0 Å². The zero-order valence-electron chi connectivity index (χ0n) is 8.93. The molecular formula is C11H10N2O3. The van der Waals surface area contributed by atoms with E-state index >= 15 is 0 Å². The second kappa shape index (κ2) is 3.77. The van der Waals surface area contributed by atoms with Crippen molar-refractivity contribution in [2.24, 2.45) is 7.05 Å². The van der Waals surface area contributed by atoms with E-state index in [9.17, 15) is 9.59 Å². The largest absolute Gasteiger partial charge is 0.465 e. The molecule has 2 rings (SSSR count). The van der Waals surface area contributed by atoms with Crippen molar-refractivity contribution in [2.75, 3.05) is 7.11 Å². The highest BCUT2D eigenvalue weighted by Gasteiger charge is 2.16. The summed E-state index contributed by atoms with van der Waals surface area (Å²) in [5, 5.41) is 0. The number of ether oxygens (including phenoxy) is 1. The quantitative estimate of drug-likeness (QED) is 0.560. The van der Waals surface area contributed by atoms with Gasteiger partial charge in [0.2, 0.25) is 0 Å². The van der Waals surface area contributed by atoms with E-state index in [1.54, 1.807) is 30.1 Å². The van der Waals surface area contributed by atoms with Crippen LogP contribution in [0.1, 0.15) is 20.7 Å². The van der Waals surface area contributed by atoms with Gasteiger partial charge in [-0.05, 0) is 12.1 Å². The minimum atomic E-state index is -0.439. The summed E-state index contributed by atoms with van der Waals surface area (Å²) in [6.45, 7) is 0. The molecule has 2 aromatic rings. The number of hydrogen-bond acceptors (Lipinski definition) is 4. The minimum Gasteiger partial charge on any atom is -0.465 e. The maximum atomic E-state index is 11.5. The third-order valence-corrected chi connectivity index (χ3v) is 2.43. The Balaban J connectivity index is 2.82. The van der Waals surface area contributed by atoms with Crippen molar-refractivity contribution >= 4 is 23.3 Å². The number of hydrogen-bond donors (Lipinski definition) is 0. The summed E-state index contributed by atoms with van der Waals surface area (Å²) >= 11 is 0. The van der Waals surface area contributed by atoms with Crippen LogP contribution in [0, 0.1) is 0 Å². The van der Waals surface area contributed by atoms with Gasteiger partial charge in [-0.2, -0.15) is 0 Å². The Morgan fingerprint density at radius 2 is 2.25 bits per heavy atom. The molecule has 0 unspecified atom stereocenters. The molecule has 0 saturated heterocycles. The Bertz CT molecular complexity index is 572. The molecular weight excluding hydrogens is 208 g/mol. The molecule has 1 aromatic heterocycles. The van der Waals surface area contributed by atoms with Crippen molar-refractivity contribution in [1.29, 1.82) is 0 Å². The zero-order chi connectivity index (χ0) is 11.7. The molecule has 82 valence electrons. The number of benzene rings is 1. The molecule has 0 fully saturated rings. The number of methoxy groups -OCH3 is 1.